The van der Waals surface area contributed by atoms with Crippen LogP contribution in [-0.4, -0.2) is 12.7 Å². The van der Waals surface area contributed by atoms with E-state index < -0.39 is 6.09 Å². The molecule has 0 bridgehead atoms. The fraction of sp³-hybridized carbons (Fsp3) is 0.200. The van der Waals surface area contributed by atoms with Gasteiger partial charge in [0.15, 0.2) is 0 Å². The van der Waals surface area contributed by atoms with Crippen molar-refractivity contribution in [3.8, 4) is 6.07 Å². The minimum atomic E-state index is -0.405. The first-order valence-electron chi connectivity index (χ1n) is 4.23. The second kappa shape index (κ2) is 3.38. The standard InChI is InChI=1S/C10H8N2O2/c11-5-7-2-1-3-8(4-7)9-6-14-10(13)12-9/h1-4,9H,6H2,(H,12,13). The zero-order valence-corrected chi connectivity index (χ0v) is 7.36. The summed E-state index contributed by atoms with van der Waals surface area (Å²) in [6.07, 6.45) is -0.405. The maximum atomic E-state index is 10.8. The van der Waals surface area contributed by atoms with Crippen LogP contribution in [0, 0.1) is 11.3 Å². The van der Waals surface area contributed by atoms with E-state index in [4.69, 9.17) is 10.00 Å². The minimum Gasteiger partial charge on any atom is -0.447 e. The van der Waals surface area contributed by atoms with Crippen LogP contribution < -0.4 is 5.32 Å². The van der Waals surface area contributed by atoms with Gasteiger partial charge < -0.3 is 10.1 Å². The second-order valence-corrected chi connectivity index (χ2v) is 3.03. The topological polar surface area (TPSA) is 62.1 Å². The van der Waals surface area contributed by atoms with Crippen LogP contribution in [0.2, 0.25) is 0 Å². The van der Waals surface area contributed by atoms with E-state index in [2.05, 4.69) is 5.32 Å². The second-order valence-electron chi connectivity index (χ2n) is 3.03. The Hall–Kier alpha value is -2.02. The van der Waals surface area contributed by atoms with Crippen molar-refractivity contribution < 1.29 is 9.53 Å². The SMILES string of the molecule is N#Cc1cccc(C2COC(=O)N2)c1. The molecule has 0 aromatic heterocycles. The van der Waals surface area contributed by atoms with Crippen molar-refractivity contribution in [2.75, 3.05) is 6.61 Å². The van der Waals surface area contributed by atoms with Crippen LogP contribution in [0.25, 0.3) is 0 Å². The molecule has 70 valence electrons. The molecule has 1 aliphatic heterocycles. The zero-order valence-electron chi connectivity index (χ0n) is 7.36. The molecule has 4 nitrogen and oxygen atoms in total. The number of hydrogen-bond acceptors (Lipinski definition) is 3. The molecule has 1 aromatic rings. The number of carbonyl (C=O) groups excluding carboxylic acids is 1. The smallest absolute Gasteiger partial charge is 0.407 e. The summed E-state index contributed by atoms with van der Waals surface area (Å²) >= 11 is 0. The van der Waals surface area contributed by atoms with E-state index >= 15 is 0 Å². The van der Waals surface area contributed by atoms with Crippen molar-refractivity contribution in [1.82, 2.24) is 5.32 Å². The number of benzene rings is 1. The Kier molecular flexibility index (Phi) is 2.07. The van der Waals surface area contributed by atoms with Gasteiger partial charge in [-0.15, -0.1) is 0 Å². The van der Waals surface area contributed by atoms with Crippen LogP contribution in [0.15, 0.2) is 24.3 Å². The van der Waals surface area contributed by atoms with Crippen molar-refractivity contribution in [2.24, 2.45) is 0 Å². The van der Waals surface area contributed by atoms with Gasteiger partial charge in [-0.3, -0.25) is 0 Å². The van der Waals surface area contributed by atoms with Crippen molar-refractivity contribution >= 4 is 6.09 Å². The van der Waals surface area contributed by atoms with Gasteiger partial charge in [0.05, 0.1) is 17.7 Å². The first-order chi connectivity index (χ1) is 6.79. The maximum Gasteiger partial charge on any atom is 0.407 e. The van der Waals surface area contributed by atoms with Gasteiger partial charge in [-0.25, -0.2) is 4.79 Å². The lowest BCUT2D eigenvalue weighted by atomic mass is 10.1. The third kappa shape index (κ3) is 1.52. The van der Waals surface area contributed by atoms with Gasteiger partial charge in [0.2, 0.25) is 0 Å². The summed E-state index contributed by atoms with van der Waals surface area (Å²) < 4.78 is 4.76. The monoisotopic (exact) mass is 188 g/mol. The van der Waals surface area contributed by atoms with E-state index in [0.29, 0.717) is 12.2 Å². The fourth-order valence-electron chi connectivity index (χ4n) is 1.39. The Morgan fingerprint density at radius 1 is 1.57 bits per heavy atom. The number of ether oxygens (including phenoxy) is 1. The number of amides is 1. The van der Waals surface area contributed by atoms with Crippen LogP contribution in [0.4, 0.5) is 4.79 Å². The molecule has 14 heavy (non-hydrogen) atoms. The molecule has 1 aromatic carbocycles. The molecule has 0 saturated carbocycles. The largest absolute Gasteiger partial charge is 0.447 e. The Labute approximate surface area is 81.1 Å². The lowest BCUT2D eigenvalue weighted by Crippen LogP contribution is -2.18. The predicted octanol–water partition coefficient (Wildman–Crippen LogP) is 1.34. The van der Waals surface area contributed by atoms with E-state index in [9.17, 15) is 4.79 Å². The summed E-state index contributed by atoms with van der Waals surface area (Å²) in [5.74, 6) is 0. The number of alkyl carbamates (subject to hydrolysis) is 1. The van der Waals surface area contributed by atoms with Gasteiger partial charge in [0.25, 0.3) is 0 Å². The summed E-state index contributed by atoms with van der Waals surface area (Å²) in [6.45, 7) is 0.327. The first-order valence-corrected chi connectivity index (χ1v) is 4.23. The molecule has 1 aliphatic rings. The Morgan fingerprint density at radius 3 is 3.07 bits per heavy atom. The van der Waals surface area contributed by atoms with Crippen molar-refractivity contribution in [3.63, 3.8) is 0 Å². The van der Waals surface area contributed by atoms with E-state index in [1.165, 1.54) is 0 Å². The van der Waals surface area contributed by atoms with Gasteiger partial charge in [-0.1, -0.05) is 12.1 Å². The van der Waals surface area contributed by atoms with Gasteiger partial charge in [0, 0.05) is 0 Å². The first kappa shape index (κ1) is 8.57. The van der Waals surface area contributed by atoms with Crippen molar-refractivity contribution in [2.45, 2.75) is 6.04 Å². The number of cyclic esters (lactones) is 1. The molecular formula is C10H8N2O2. The summed E-state index contributed by atoms with van der Waals surface area (Å²) in [5, 5.41) is 11.3. The summed E-state index contributed by atoms with van der Waals surface area (Å²) in [6, 6.07) is 9.04. The Morgan fingerprint density at radius 2 is 2.43 bits per heavy atom. The predicted molar refractivity (Wildman–Crippen MR) is 48.4 cm³/mol. The normalized spacial score (nSPS) is 19.6. The van der Waals surface area contributed by atoms with Crippen LogP contribution in [-0.2, 0) is 4.74 Å². The van der Waals surface area contributed by atoms with Gasteiger partial charge >= 0.3 is 6.09 Å². The molecule has 4 heteroatoms. The summed E-state index contributed by atoms with van der Waals surface area (Å²) in [4.78, 5) is 10.8. The molecule has 1 atom stereocenters. The van der Waals surface area contributed by atoms with Crippen molar-refractivity contribution in [3.05, 3.63) is 35.4 Å². The highest BCUT2D eigenvalue weighted by Gasteiger charge is 2.23. The molecule has 0 radical (unpaired) electrons. The lowest BCUT2D eigenvalue weighted by molar-refractivity contribution is 0.177. The molecule has 0 spiro atoms. The number of nitrogens with one attached hydrogen (secondary N) is 1. The quantitative estimate of drug-likeness (QED) is 0.723. The molecule has 1 amide bonds. The van der Waals surface area contributed by atoms with Gasteiger partial charge in [-0.05, 0) is 17.7 Å². The number of nitrogens with zero attached hydrogens (tertiary/aromatic N) is 1. The molecule has 1 saturated heterocycles. The molecule has 1 N–H and O–H groups in total. The van der Waals surface area contributed by atoms with Crippen LogP contribution in [0.1, 0.15) is 17.2 Å². The molecule has 1 fully saturated rings. The highest BCUT2D eigenvalue weighted by atomic mass is 16.6. The highest BCUT2D eigenvalue weighted by molar-refractivity contribution is 5.70. The average Bonchev–Trinajstić information content (AvgIpc) is 2.65. The van der Waals surface area contributed by atoms with Gasteiger partial charge in [0.1, 0.15) is 6.61 Å². The third-order valence-electron chi connectivity index (χ3n) is 2.09. The van der Waals surface area contributed by atoms with Crippen LogP contribution in [0.3, 0.4) is 0 Å². The molecule has 0 aliphatic carbocycles. The highest BCUT2D eigenvalue weighted by Crippen LogP contribution is 2.18. The number of nitriles is 1. The fourth-order valence-corrected chi connectivity index (χ4v) is 1.39. The number of hydrogen-bond donors (Lipinski definition) is 1. The van der Waals surface area contributed by atoms with Crippen LogP contribution >= 0.6 is 0 Å². The van der Waals surface area contributed by atoms with E-state index in [1.54, 1.807) is 18.2 Å². The maximum absolute atomic E-state index is 10.8. The summed E-state index contributed by atoms with van der Waals surface area (Å²) in [5.41, 5.74) is 1.48. The van der Waals surface area contributed by atoms with E-state index in [0.717, 1.165) is 5.56 Å². The molecule has 1 heterocycles. The number of carbonyl (C=O) groups is 1. The summed E-state index contributed by atoms with van der Waals surface area (Å²) in [7, 11) is 0. The average molecular weight is 188 g/mol. The third-order valence-corrected chi connectivity index (χ3v) is 2.09. The zero-order chi connectivity index (χ0) is 9.97. The molecule has 2 rings (SSSR count). The van der Waals surface area contributed by atoms with E-state index in [1.807, 2.05) is 12.1 Å². The van der Waals surface area contributed by atoms with Crippen LogP contribution in [0.5, 0.6) is 0 Å². The minimum absolute atomic E-state index is 0.129. The Bertz CT molecular complexity index is 409. The number of rotatable bonds is 1. The molecular weight excluding hydrogens is 180 g/mol. The lowest BCUT2D eigenvalue weighted by Gasteiger charge is -2.06. The Balaban J connectivity index is 2.24. The molecule has 1 unspecified atom stereocenters. The van der Waals surface area contributed by atoms with E-state index in [-0.39, 0.29) is 6.04 Å². The van der Waals surface area contributed by atoms with Gasteiger partial charge in [-0.2, -0.15) is 5.26 Å². The van der Waals surface area contributed by atoms with Crippen molar-refractivity contribution in [1.29, 1.82) is 5.26 Å².